The van der Waals surface area contributed by atoms with Crippen molar-refractivity contribution in [3.8, 4) is 0 Å². The second-order valence-electron chi connectivity index (χ2n) is 9.30. The van der Waals surface area contributed by atoms with Gasteiger partial charge >= 0.3 is 6.09 Å². The van der Waals surface area contributed by atoms with Gasteiger partial charge in [-0.1, -0.05) is 51.1 Å². The number of benzene rings is 1. The number of ether oxygens (including phenoxy) is 1. The molecule has 0 spiro atoms. The van der Waals surface area contributed by atoms with Crippen LogP contribution < -0.4 is 16.0 Å². The summed E-state index contributed by atoms with van der Waals surface area (Å²) in [5.74, 6) is 1.50. The number of nitrogens with one attached hydrogen (secondary N) is 4. The summed E-state index contributed by atoms with van der Waals surface area (Å²) in [5.41, 5.74) is 2.42. The van der Waals surface area contributed by atoms with Crippen molar-refractivity contribution in [3.63, 3.8) is 0 Å². The largest absolute Gasteiger partial charge is 0.447 e. The Kier molecular flexibility index (Phi) is 7.34. The van der Waals surface area contributed by atoms with Gasteiger partial charge in [-0.05, 0) is 5.56 Å². The van der Waals surface area contributed by atoms with Crippen LogP contribution in [0.2, 0.25) is 0 Å². The lowest BCUT2D eigenvalue weighted by molar-refractivity contribution is 0.138. The van der Waals surface area contributed by atoms with Gasteiger partial charge in [0.05, 0.1) is 24.2 Å². The molecule has 3 heterocycles. The van der Waals surface area contributed by atoms with Crippen LogP contribution >= 0.6 is 0 Å². The number of aryl methyl sites for hydroxylation is 1. The SMILES string of the molecule is Cn1nc(Nc2nc(N[C@@H](COC(=O)NCCO)c3ccccc3)nc3[nH]ncc23)cc1C(C)(C)C. The van der Waals surface area contributed by atoms with Gasteiger partial charge in [-0.2, -0.15) is 20.2 Å². The molecular formula is C24H31N9O3. The number of carbonyl (C=O) groups is 1. The number of hydrogen-bond donors (Lipinski definition) is 5. The number of aromatic nitrogens is 6. The number of hydrogen-bond acceptors (Lipinski definition) is 9. The van der Waals surface area contributed by atoms with Crippen LogP contribution in [0.15, 0.2) is 42.6 Å². The maximum atomic E-state index is 12.0. The van der Waals surface area contributed by atoms with Crippen molar-refractivity contribution in [2.24, 2.45) is 7.05 Å². The maximum Gasteiger partial charge on any atom is 0.407 e. The summed E-state index contributed by atoms with van der Waals surface area (Å²) in [6.07, 6.45) is 1.03. The first-order valence-corrected chi connectivity index (χ1v) is 11.6. The maximum absolute atomic E-state index is 12.0. The van der Waals surface area contributed by atoms with Gasteiger partial charge in [0.2, 0.25) is 5.95 Å². The normalized spacial score (nSPS) is 12.4. The third-order valence-electron chi connectivity index (χ3n) is 5.47. The van der Waals surface area contributed by atoms with E-state index in [9.17, 15) is 4.79 Å². The number of aromatic amines is 1. The summed E-state index contributed by atoms with van der Waals surface area (Å²) in [4.78, 5) is 21.2. The molecule has 0 saturated heterocycles. The summed E-state index contributed by atoms with van der Waals surface area (Å²) in [7, 11) is 1.91. The number of aliphatic hydroxyl groups excluding tert-OH is 1. The Labute approximate surface area is 208 Å². The van der Waals surface area contributed by atoms with Crippen LogP contribution in [0.25, 0.3) is 11.0 Å². The molecule has 1 atom stereocenters. The number of carbonyl (C=O) groups excluding carboxylic acids is 1. The number of nitrogens with zero attached hydrogens (tertiary/aromatic N) is 5. The minimum atomic E-state index is -0.621. The third kappa shape index (κ3) is 5.89. The molecular weight excluding hydrogens is 462 g/mol. The van der Waals surface area contributed by atoms with Gasteiger partial charge in [-0.15, -0.1) is 0 Å². The van der Waals surface area contributed by atoms with Gasteiger partial charge in [0.25, 0.3) is 0 Å². The molecule has 36 heavy (non-hydrogen) atoms. The van der Waals surface area contributed by atoms with Gasteiger partial charge in [-0.3, -0.25) is 9.78 Å². The highest BCUT2D eigenvalue weighted by Crippen LogP contribution is 2.28. The number of anilines is 3. The Morgan fingerprint density at radius 2 is 2.00 bits per heavy atom. The van der Waals surface area contributed by atoms with E-state index in [-0.39, 0.29) is 25.2 Å². The molecule has 5 N–H and O–H groups in total. The fourth-order valence-corrected chi connectivity index (χ4v) is 3.78. The molecule has 0 aliphatic carbocycles. The van der Waals surface area contributed by atoms with Crippen LogP contribution in [-0.4, -0.2) is 60.9 Å². The molecule has 190 valence electrons. The Morgan fingerprint density at radius 3 is 2.69 bits per heavy atom. The average molecular weight is 494 g/mol. The van der Waals surface area contributed by atoms with E-state index in [1.807, 2.05) is 48.1 Å². The number of rotatable bonds is 9. The van der Waals surface area contributed by atoms with Crippen molar-refractivity contribution in [1.29, 1.82) is 0 Å². The lowest BCUT2D eigenvalue weighted by Crippen LogP contribution is -2.30. The molecule has 0 aliphatic heterocycles. The van der Waals surface area contributed by atoms with Gasteiger partial charge in [0.15, 0.2) is 11.5 Å². The zero-order valence-electron chi connectivity index (χ0n) is 20.7. The molecule has 4 aromatic rings. The van der Waals surface area contributed by atoms with E-state index < -0.39 is 12.1 Å². The minimum absolute atomic E-state index is 0.0175. The predicted molar refractivity (Wildman–Crippen MR) is 136 cm³/mol. The van der Waals surface area contributed by atoms with Crippen molar-refractivity contribution < 1.29 is 14.6 Å². The molecule has 0 unspecified atom stereocenters. The van der Waals surface area contributed by atoms with Crippen LogP contribution in [0, 0.1) is 0 Å². The molecule has 0 radical (unpaired) electrons. The quantitative estimate of drug-likeness (QED) is 0.237. The topological polar surface area (TPSA) is 155 Å². The lowest BCUT2D eigenvalue weighted by atomic mass is 9.92. The molecule has 0 saturated carbocycles. The monoisotopic (exact) mass is 493 g/mol. The van der Waals surface area contributed by atoms with Crippen LogP contribution in [0.1, 0.15) is 38.1 Å². The smallest absolute Gasteiger partial charge is 0.407 e. The van der Waals surface area contributed by atoms with Crippen LogP contribution in [0.3, 0.4) is 0 Å². The third-order valence-corrected chi connectivity index (χ3v) is 5.47. The summed E-state index contributed by atoms with van der Waals surface area (Å²) in [5, 5.41) is 30.2. The summed E-state index contributed by atoms with van der Waals surface area (Å²) >= 11 is 0. The first-order valence-electron chi connectivity index (χ1n) is 11.6. The number of fused-ring (bicyclic) bond motifs is 1. The highest BCUT2D eigenvalue weighted by molar-refractivity contribution is 5.88. The van der Waals surface area contributed by atoms with E-state index in [4.69, 9.17) is 9.84 Å². The second-order valence-corrected chi connectivity index (χ2v) is 9.30. The van der Waals surface area contributed by atoms with Crippen LogP contribution in [0.4, 0.5) is 22.4 Å². The van der Waals surface area contributed by atoms with Gasteiger partial charge in [0, 0.05) is 30.8 Å². The highest BCUT2D eigenvalue weighted by atomic mass is 16.5. The molecule has 3 aromatic heterocycles. The predicted octanol–water partition coefficient (Wildman–Crippen LogP) is 3.00. The van der Waals surface area contributed by atoms with E-state index in [1.165, 1.54) is 0 Å². The van der Waals surface area contributed by atoms with Crippen molar-refractivity contribution in [2.45, 2.75) is 32.2 Å². The highest BCUT2D eigenvalue weighted by Gasteiger charge is 2.21. The number of aliphatic hydroxyl groups is 1. The first kappa shape index (κ1) is 24.9. The lowest BCUT2D eigenvalue weighted by Gasteiger charge is -2.20. The molecule has 1 aromatic carbocycles. The van der Waals surface area contributed by atoms with Gasteiger partial charge in [-0.25, -0.2) is 4.79 Å². The number of alkyl carbamates (subject to hydrolysis) is 1. The summed E-state index contributed by atoms with van der Waals surface area (Å²) < 4.78 is 7.20. The second kappa shape index (κ2) is 10.6. The van der Waals surface area contributed by atoms with Crippen molar-refractivity contribution >= 4 is 34.7 Å². The average Bonchev–Trinajstić information content (AvgIpc) is 3.47. The molecule has 12 nitrogen and oxygen atoms in total. The van der Waals surface area contributed by atoms with Crippen LogP contribution in [-0.2, 0) is 17.2 Å². The zero-order chi connectivity index (χ0) is 25.7. The van der Waals surface area contributed by atoms with Gasteiger partial charge < -0.3 is 25.8 Å². The fraction of sp³-hybridized carbons (Fsp3) is 0.375. The molecule has 4 rings (SSSR count). The summed E-state index contributed by atoms with van der Waals surface area (Å²) in [6, 6.07) is 11.1. The first-order chi connectivity index (χ1) is 17.2. The van der Waals surface area contributed by atoms with E-state index in [2.05, 4.69) is 62.0 Å². The zero-order valence-corrected chi connectivity index (χ0v) is 20.7. The fourth-order valence-electron chi connectivity index (χ4n) is 3.78. The van der Waals surface area contributed by atoms with E-state index >= 15 is 0 Å². The van der Waals surface area contributed by atoms with Crippen molar-refractivity contribution in [3.05, 3.63) is 53.9 Å². The Morgan fingerprint density at radius 1 is 1.22 bits per heavy atom. The van der Waals surface area contributed by atoms with E-state index in [0.29, 0.717) is 28.6 Å². The Balaban J connectivity index is 1.60. The van der Waals surface area contributed by atoms with Crippen molar-refractivity contribution in [1.82, 2.24) is 35.3 Å². The van der Waals surface area contributed by atoms with E-state index in [1.54, 1.807) is 6.20 Å². The Hall–Kier alpha value is -4.19. The van der Waals surface area contributed by atoms with E-state index in [0.717, 1.165) is 11.3 Å². The molecule has 1 amide bonds. The van der Waals surface area contributed by atoms with Crippen LogP contribution in [0.5, 0.6) is 0 Å². The summed E-state index contributed by atoms with van der Waals surface area (Å²) in [6.45, 7) is 6.35. The molecule has 12 heteroatoms. The molecule has 0 aliphatic rings. The molecule has 0 fully saturated rings. The standard InChI is InChI=1S/C24H31N9O3/c1-24(2,3)18-12-19(32-33(18)4)28-20-16-13-26-31-21(16)30-22(29-20)27-17(15-8-6-5-7-9-15)14-36-23(35)25-10-11-34/h5-9,12-13,17,34H,10-11,14H2,1-4H3,(H,25,35)(H3,26,27,28,29,30,31,32)/t17-/m0/s1. The number of H-pyrrole nitrogens is 1. The Bertz CT molecular complexity index is 1310. The number of amides is 1. The van der Waals surface area contributed by atoms with Crippen molar-refractivity contribution in [2.75, 3.05) is 30.4 Å². The molecule has 0 bridgehead atoms. The minimum Gasteiger partial charge on any atom is -0.447 e. The van der Waals surface area contributed by atoms with Gasteiger partial charge in [0.1, 0.15) is 12.4 Å².